The molecule has 0 heterocycles. The zero-order valence-corrected chi connectivity index (χ0v) is 11.8. The lowest BCUT2D eigenvalue weighted by Crippen LogP contribution is -2.01. The number of halogens is 2. The second kappa shape index (κ2) is 8.35. The first kappa shape index (κ1) is 15.3. The minimum absolute atomic E-state index is 0.239. The second-order valence-corrected chi connectivity index (χ2v) is 4.58. The van der Waals surface area contributed by atoms with E-state index < -0.39 is 0 Å². The Morgan fingerprint density at radius 3 is 2.56 bits per heavy atom. The molecule has 0 aliphatic rings. The molecule has 3 nitrogen and oxygen atoms in total. The molecule has 0 bridgehead atoms. The molecule has 0 spiro atoms. The summed E-state index contributed by atoms with van der Waals surface area (Å²) in [5, 5.41) is 0.592. The predicted octanol–water partition coefficient (Wildman–Crippen LogP) is 4.00. The van der Waals surface area contributed by atoms with Crippen molar-refractivity contribution in [3.8, 4) is 5.75 Å². The smallest absolute Gasteiger partial charge is 0.155 e. The lowest BCUT2D eigenvalue weighted by atomic mass is 10.2. The van der Waals surface area contributed by atoms with E-state index >= 15 is 0 Å². The van der Waals surface area contributed by atoms with Crippen molar-refractivity contribution in [3.63, 3.8) is 0 Å². The van der Waals surface area contributed by atoms with Crippen molar-refractivity contribution in [1.82, 2.24) is 0 Å². The van der Waals surface area contributed by atoms with Gasteiger partial charge in [-0.1, -0.05) is 23.2 Å². The van der Waals surface area contributed by atoms with Crippen LogP contribution in [0.5, 0.6) is 5.75 Å². The molecule has 0 unspecified atom stereocenters. The number of hydrogen-bond donors (Lipinski definition) is 0. The van der Waals surface area contributed by atoms with Gasteiger partial charge in [-0.2, -0.15) is 0 Å². The van der Waals surface area contributed by atoms with E-state index in [0.717, 1.165) is 25.9 Å². The molecule has 1 aromatic carbocycles. The van der Waals surface area contributed by atoms with Crippen LogP contribution >= 0.6 is 23.2 Å². The lowest BCUT2D eigenvalue weighted by molar-refractivity contribution is 0.111. The molecule has 0 fully saturated rings. The Labute approximate surface area is 117 Å². The number of aldehydes is 1. The molecule has 0 atom stereocenters. The molecule has 0 saturated heterocycles. The van der Waals surface area contributed by atoms with Crippen LogP contribution in [-0.4, -0.2) is 26.6 Å². The molecule has 0 aromatic heterocycles. The standard InChI is InChI=1S/C13H16Cl2O3/c1-17-7-3-2-4-8-18-12-6-5-11(14)13(15)10(12)9-16/h5-6,9H,2-4,7-8H2,1H3. The number of carbonyl (C=O) groups is 1. The van der Waals surface area contributed by atoms with Gasteiger partial charge in [-0.15, -0.1) is 0 Å². The predicted molar refractivity (Wildman–Crippen MR) is 73.1 cm³/mol. The summed E-state index contributed by atoms with van der Waals surface area (Å²) in [7, 11) is 1.68. The maximum atomic E-state index is 10.9. The van der Waals surface area contributed by atoms with Crippen LogP contribution in [0.4, 0.5) is 0 Å². The summed E-state index contributed by atoms with van der Waals surface area (Å²) in [5.41, 5.74) is 0.307. The molecule has 100 valence electrons. The van der Waals surface area contributed by atoms with Gasteiger partial charge in [-0.3, -0.25) is 4.79 Å². The highest BCUT2D eigenvalue weighted by molar-refractivity contribution is 6.43. The fourth-order valence-electron chi connectivity index (χ4n) is 1.49. The first-order valence-electron chi connectivity index (χ1n) is 5.75. The van der Waals surface area contributed by atoms with Crippen LogP contribution in [0.2, 0.25) is 10.0 Å². The molecule has 0 radical (unpaired) electrons. The maximum Gasteiger partial charge on any atom is 0.155 e. The van der Waals surface area contributed by atoms with Gasteiger partial charge in [0.1, 0.15) is 5.75 Å². The van der Waals surface area contributed by atoms with Crippen LogP contribution in [-0.2, 0) is 4.74 Å². The summed E-state index contributed by atoms with van der Waals surface area (Å²) in [6.45, 7) is 1.30. The van der Waals surface area contributed by atoms with Crippen LogP contribution in [0.25, 0.3) is 0 Å². The van der Waals surface area contributed by atoms with E-state index in [-0.39, 0.29) is 5.02 Å². The molecule has 0 amide bonds. The van der Waals surface area contributed by atoms with Crippen LogP contribution in [0.3, 0.4) is 0 Å². The lowest BCUT2D eigenvalue weighted by Gasteiger charge is -2.10. The Hall–Kier alpha value is -0.770. The van der Waals surface area contributed by atoms with Gasteiger partial charge in [0, 0.05) is 13.7 Å². The number of methoxy groups -OCH3 is 1. The van der Waals surface area contributed by atoms with Crippen LogP contribution < -0.4 is 4.74 Å². The fourth-order valence-corrected chi connectivity index (χ4v) is 1.86. The first-order chi connectivity index (χ1) is 8.70. The van der Waals surface area contributed by atoms with E-state index in [1.807, 2.05) is 0 Å². The summed E-state index contributed by atoms with van der Waals surface area (Å²) in [4.78, 5) is 10.9. The Bertz CT molecular complexity index is 394. The Morgan fingerprint density at radius 2 is 1.89 bits per heavy atom. The third-order valence-electron chi connectivity index (χ3n) is 2.46. The van der Waals surface area contributed by atoms with Gasteiger partial charge >= 0.3 is 0 Å². The van der Waals surface area contributed by atoms with Gasteiger partial charge in [0.2, 0.25) is 0 Å². The summed E-state index contributed by atoms with van der Waals surface area (Å²) >= 11 is 11.7. The van der Waals surface area contributed by atoms with Gasteiger partial charge in [-0.25, -0.2) is 0 Å². The van der Waals surface area contributed by atoms with E-state index in [4.69, 9.17) is 32.7 Å². The minimum atomic E-state index is 0.239. The second-order valence-electron chi connectivity index (χ2n) is 3.79. The van der Waals surface area contributed by atoms with Crippen molar-refractivity contribution in [3.05, 3.63) is 27.7 Å². The van der Waals surface area contributed by atoms with E-state index in [1.54, 1.807) is 19.2 Å². The topological polar surface area (TPSA) is 35.5 Å². The monoisotopic (exact) mass is 290 g/mol. The summed E-state index contributed by atoms with van der Waals surface area (Å²) in [6.07, 6.45) is 3.59. The van der Waals surface area contributed by atoms with Gasteiger partial charge in [0.25, 0.3) is 0 Å². The summed E-state index contributed by atoms with van der Waals surface area (Å²) < 4.78 is 10.5. The Morgan fingerprint density at radius 1 is 1.17 bits per heavy atom. The van der Waals surface area contributed by atoms with Crippen molar-refractivity contribution in [2.75, 3.05) is 20.3 Å². The average Bonchev–Trinajstić information content (AvgIpc) is 2.38. The van der Waals surface area contributed by atoms with Crippen molar-refractivity contribution < 1.29 is 14.3 Å². The highest BCUT2D eigenvalue weighted by Crippen LogP contribution is 2.31. The zero-order valence-electron chi connectivity index (χ0n) is 10.2. The molecular formula is C13H16Cl2O3. The van der Waals surface area contributed by atoms with Crippen molar-refractivity contribution >= 4 is 29.5 Å². The summed E-state index contributed by atoms with van der Waals surface area (Å²) in [5.74, 6) is 0.478. The number of hydrogen-bond acceptors (Lipinski definition) is 3. The van der Waals surface area contributed by atoms with Gasteiger partial charge < -0.3 is 9.47 Å². The summed E-state index contributed by atoms with van der Waals surface area (Å²) in [6, 6.07) is 3.28. The van der Waals surface area contributed by atoms with Crippen LogP contribution in [0.1, 0.15) is 29.6 Å². The molecule has 1 aromatic rings. The van der Waals surface area contributed by atoms with Gasteiger partial charge in [-0.05, 0) is 31.4 Å². The van der Waals surface area contributed by atoms with Crippen LogP contribution in [0.15, 0.2) is 12.1 Å². The number of ether oxygens (including phenoxy) is 2. The minimum Gasteiger partial charge on any atom is -0.493 e. The molecule has 5 heteroatoms. The SMILES string of the molecule is COCCCCCOc1ccc(Cl)c(Cl)c1C=O. The molecular weight excluding hydrogens is 275 g/mol. The maximum absolute atomic E-state index is 10.9. The fraction of sp³-hybridized carbons (Fsp3) is 0.462. The third kappa shape index (κ3) is 4.48. The molecule has 0 saturated carbocycles. The third-order valence-corrected chi connectivity index (χ3v) is 3.28. The largest absolute Gasteiger partial charge is 0.493 e. The van der Waals surface area contributed by atoms with E-state index in [0.29, 0.717) is 29.2 Å². The van der Waals surface area contributed by atoms with Crippen LogP contribution in [0, 0.1) is 0 Å². The molecule has 18 heavy (non-hydrogen) atoms. The van der Waals surface area contributed by atoms with E-state index in [1.165, 1.54) is 0 Å². The number of rotatable bonds is 8. The normalized spacial score (nSPS) is 10.4. The number of benzene rings is 1. The molecule has 0 aliphatic carbocycles. The highest BCUT2D eigenvalue weighted by Gasteiger charge is 2.10. The molecule has 0 aliphatic heterocycles. The average molecular weight is 291 g/mol. The number of carbonyl (C=O) groups excluding carboxylic acids is 1. The highest BCUT2D eigenvalue weighted by atomic mass is 35.5. The molecule has 1 rings (SSSR count). The van der Waals surface area contributed by atoms with Crippen molar-refractivity contribution in [1.29, 1.82) is 0 Å². The van der Waals surface area contributed by atoms with Crippen molar-refractivity contribution in [2.45, 2.75) is 19.3 Å². The van der Waals surface area contributed by atoms with Gasteiger partial charge in [0.15, 0.2) is 6.29 Å². The Balaban J connectivity index is 2.47. The van der Waals surface area contributed by atoms with E-state index in [2.05, 4.69) is 0 Å². The zero-order chi connectivity index (χ0) is 13.4. The first-order valence-corrected chi connectivity index (χ1v) is 6.51. The van der Waals surface area contributed by atoms with Gasteiger partial charge in [0.05, 0.1) is 22.2 Å². The molecule has 0 N–H and O–H groups in total. The quantitative estimate of drug-likeness (QED) is 0.536. The van der Waals surface area contributed by atoms with E-state index in [9.17, 15) is 4.79 Å². The van der Waals surface area contributed by atoms with Crippen molar-refractivity contribution in [2.24, 2.45) is 0 Å². The Kier molecular flexibility index (Phi) is 7.09. The number of unbranched alkanes of at least 4 members (excludes halogenated alkanes) is 2.